The minimum Gasteiger partial charge on any atom is -0.394 e. The summed E-state index contributed by atoms with van der Waals surface area (Å²) in [7, 11) is 0. The second kappa shape index (κ2) is 5.23. The lowest BCUT2D eigenvalue weighted by molar-refractivity contribution is -0.120. The monoisotopic (exact) mass is 145 g/mol. The average molecular weight is 145 g/mol. The summed E-state index contributed by atoms with van der Waals surface area (Å²) in [5.41, 5.74) is 0. The van der Waals surface area contributed by atoms with Crippen LogP contribution in [0.15, 0.2) is 0 Å². The van der Waals surface area contributed by atoms with Gasteiger partial charge in [-0.1, -0.05) is 13.3 Å². The van der Waals surface area contributed by atoms with Gasteiger partial charge in [0.15, 0.2) is 0 Å². The molecule has 0 unspecified atom stereocenters. The second-order valence-electron chi connectivity index (χ2n) is 2.37. The number of amides is 1. The highest BCUT2D eigenvalue weighted by atomic mass is 16.3. The highest BCUT2D eigenvalue weighted by molar-refractivity contribution is 5.73. The topological polar surface area (TPSA) is 49.3 Å². The summed E-state index contributed by atoms with van der Waals surface area (Å²) in [6.45, 7) is 3.51. The van der Waals surface area contributed by atoms with Crippen molar-refractivity contribution in [2.24, 2.45) is 0 Å². The van der Waals surface area contributed by atoms with Crippen LogP contribution in [0, 0.1) is 0 Å². The summed E-state index contributed by atoms with van der Waals surface area (Å²) in [4.78, 5) is 10.5. The van der Waals surface area contributed by atoms with Gasteiger partial charge in [0, 0.05) is 6.92 Å². The molecule has 0 aromatic heterocycles. The fourth-order valence-electron chi connectivity index (χ4n) is 0.845. The van der Waals surface area contributed by atoms with Crippen LogP contribution in [0.2, 0.25) is 0 Å². The Morgan fingerprint density at radius 2 is 2.30 bits per heavy atom. The number of rotatable bonds is 4. The molecule has 0 aromatic carbocycles. The first-order chi connectivity index (χ1) is 4.70. The first-order valence-electron chi connectivity index (χ1n) is 3.58. The molecule has 0 rings (SSSR count). The third kappa shape index (κ3) is 4.32. The van der Waals surface area contributed by atoms with E-state index in [1.54, 1.807) is 0 Å². The molecule has 0 saturated carbocycles. The van der Waals surface area contributed by atoms with E-state index in [-0.39, 0.29) is 18.6 Å². The largest absolute Gasteiger partial charge is 0.394 e. The second-order valence-corrected chi connectivity index (χ2v) is 2.37. The Labute approximate surface area is 61.4 Å². The summed E-state index contributed by atoms with van der Waals surface area (Å²) in [5, 5.41) is 11.3. The Morgan fingerprint density at radius 1 is 1.70 bits per heavy atom. The van der Waals surface area contributed by atoms with Crippen LogP contribution < -0.4 is 5.32 Å². The summed E-state index contributed by atoms with van der Waals surface area (Å²) in [6, 6.07) is -0.0532. The maximum absolute atomic E-state index is 10.5. The first kappa shape index (κ1) is 9.43. The van der Waals surface area contributed by atoms with Gasteiger partial charge in [0.05, 0.1) is 12.6 Å². The Kier molecular flexibility index (Phi) is 4.94. The molecule has 0 fully saturated rings. The Hall–Kier alpha value is -0.570. The third-order valence-electron chi connectivity index (χ3n) is 1.26. The Bertz CT molecular complexity index is 104. The van der Waals surface area contributed by atoms with Crippen LogP contribution in [0.3, 0.4) is 0 Å². The zero-order valence-electron chi connectivity index (χ0n) is 6.55. The van der Waals surface area contributed by atoms with Crippen molar-refractivity contribution >= 4 is 5.91 Å². The molecule has 3 nitrogen and oxygen atoms in total. The van der Waals surface area contributed by atoms with E-state index in [1.807, 2.05) is 6.92 Å². The van der Waals surface area contributed by atoms with Crippen molar-refractivity contribution in [3.63, 3.8) is 0 Å². The molecular formula is C7H15NO2. The molecule has 3 heteroatoms. The lowest BCUT2D eigenvalue weighted by atomic mass is 10.2. The standard InChI is InChI=1S/C7H15NO2/c1-3-4-7(5-9)8-6(2)10/h7,9H,3-5H2,1-2H3,(H,8,10)/t7-/m1/s1. The number of aliphatic hydroxyl groups excluding tert-OH is 1. The van der Waals surface area contributed by atoms with E-state index in [4.69, 9.17) is 5.11 Å². The molecule has 0 saturated heterocycles. The summed E-state index contributed by atoms with van der Waals surface area (Å²) in [6.07, 6.45) is 1.82. The van der Waals surface area contributed by atoms with Gasteiger partial charge in [-0.05, 0) is 6.42 Å². The fraction of sp³-hybridized carbons (Fsp3) is 0.857. The zero-order valence-corrected chi connectivity index (χ0v) is 6.55. The minimum absolute atomic E-state index is 0.0351. The van der Waals surface area contributed by atoms with Crippen molar-refractivity contribution in [1.29, 1.82) is 0 Å². The van der Waals surface area contributed by atoms with Gasteiger partial charge in [0.2, 0.25) is 5.91 Å². The highest BCUT2D eigenvalue weighted by Crippen LogP contribution is 1.94. The van der Waals surface area contributed by atoms with Gasteiger partial charge >= 0.3 is 0 Å². The van der Waals surface area contributed by atoms with E-state index < -0.39 is 0 Å². The van der Waals surface area contributed by atoms with Crippen molar-refractivity contribution in [3.8, 4) is 0 Å². The van der Waals surface area contributed by atoms with Gasteiger partial charge in [-0.25, -0.2) is 0 Å². The quantitative estimate of drug-likeness (QED) is 0.597. The number of carbonyl (C=O) groups is 1. The summed E-state index contributed by atoms with van der Waals surface area (Å²) in [5.74, 6) is -0.0764. The van der Waals surface area contributed by atoms with Gasteiger partial charge < -0.3 is 10.4 Å². The average Bonchev–Trinajstić information content (AvgIpc) is 1.86. The van der Waals surface area contributed by atoms with Crippen LogP contribution in [0.4, 0.5) is 0 Å². The molecule has 10 heavy (non-hydrogen) atoms. The van der Waals surface area contributed by atoms with E-state index in [0.717, 1.165) is 12.8 Å². The van der Waals surface area contributed by atoms with Gasteiger partial charge in [-0.2, -0.15) is 0 Å². The van der Waals surface area contributed by atoms with Gasteiger partial charge in [-0.3, -0.25) is 4.79 Å². The van der Waals surface area contributed by atoms with Gasteiger partial charge in [0.1, 0.15) is 0 Å². The van der Waals surface area contributed by atoms with Crippen LogP contribution in [0.25, 0.3) is 0 Å². The van der Waals surface area contributed by atoms with Crippen molar-refractivity contribution in [2.75, 3.05) is 6.61 Å². The predicted molar refractivity (Wildman–Crippen MR) is 39.6 cm³/mol. The van der Waals surface area contributed by atoms with E-state index in [1.165, 1.54) is 6.92 Å². The molecule has 60 valence electrons. The van der Waals surface area contributed by atoms with E-state index >= 15 is 0 Å². The Morgan fingerprint density at radius 3 is 2.60 bits per heavy atom. The van der Waals surface area contributed by atoms with Crippen molar-refractivity contribution in [1.82, 2.24) is 5.32 Å². The molecule has 1 amide bonds. The van der Waals surface area contributed by atoms with Crippen LogP contribution in [-0.2, 0) is 4.79 Å². The Balaban J connectivity index is 3.49. The SMILES string of the molecule is CCC[C@H](CO)NC(C)=O. The molecule has 0 spiro atoms. The lowest BCUT2D eigenvalue weighted by Gasteiger charge is -2.12. The van der Waals surface area contributed by atoms with Crippen LogP contribution >= 0.6 is 0 Å². The minimum atomic E-state index is -0.0764. The lowest BCUT2D eigenvalue weighted by Crippen LogP contribution is -2.35. The zero-order chi connectivity index (χ0) is 7.98. The molecule has 2 N–H and O–H groups in total. The number of hydrogen-bond donors (Lipinski definition) is 2. The normalized spacial score (nSPS) is 12.7. The van der Waals surface area contributed by atoms with Gasteiger partial charge in [0.25, 0.3) is 0 Å². The van der Waals surface area contributed by atoms with Crippen LogP contribution in [-0.4, -0.2) is 23.7 Å². The fourth-order valence-corrected chi connectivity index (χ4v) is 0.845. The highest BCUT2D eigenvalue weighted by Gasteiger charge is 2.05. The third-order valence-corrected chi connectivity index (χ3v) is 1.26. The number of hydrogen-bond acceptors (Lipinski definition) is 2. The summed E-state index contributed by atoms with van der Waals surface area (Å²) < 4.78 is 0. The molecular weight excluding hydrogens is 130 g/mol. The number of aliphatic hydroxyl groups is 1. The van der Waals surface area contributed by atoms with E-state index in [9.17, 15) is 4.79 Å². The number of nitrogens with one attached hydrogen (secondary N) is 1. The molecule has 0 aromatic rings. The van der Waals surface area contributed by atoms with E-state index in [2.05, 4.69) is 5.32 Å². The maximum atomic E-state index is 10.5. The smallest absolute Gasteiger partial charge is 0.217 e. The molecule has 0 aliphatic heterocycles. The van der Waals surface area contributed by atoms with Crippen molar-refractivity contribution < 1.29 is 9.90 Å². The van der Waals surface area contributed by atoms with Crippen molar-refractivity contribution in [3.05, 3.63) is 0 Å². The van der Waals surface area contributed by atoms with Gasteiger partial charge in [-0.15, -0.1) is 0 Å². The molecule has 0 heterocycles. The molecule has 0 aliphatic carbocycles. The molecule has 0 radical (unpaired) electrons. The molecule has 0 aliphatic rings. The maximum Gasteiger partial charge on any atom is 0.217 e. The van der Waals surface area contributed by atoms with E-state index in [0.29, 0.717) is 0 Å². The molecule has 1 atom stereocenters. The number of carbonyl (C=O) groups excluding carboxylic acids is 1. The van der Waals surface area contributed by atoms with Crippen LogP contribution in [0.5, 0.6) is 0 Å². The predicted octanol–water partition coefficient (Wildman–Crippen LogP) is 0.283. The molecule has 0 bridgehead atoms. The van der Waals surface area contributed by atoms with Crippen molar-refractivity contribution in [2.45, 2.75) is 32.7 Å². The summed E-state index contributed by atoms with van der Waals surface area (Å²) >= 11 is 0. The van der Waals surface area contributed by atoms with Crippen LogP contribution in [0.1, 0.15) is 26.7 Å². The first-order valence-corrected chi connectivity index (χ1v) is 3.58.